The van der Waals surface area contributed by atoms with Crippen molar-refractivity contribution >= 4 is 22.6 Å². The number of aromatic carboxylic acids is 1. The lowest BCUT2D eigenvalue weighted by atomic mass is 9.79. The molecule has 164 valence electrons. The number of carboxylic acids is 1. The molecule has 10 heteroatoms. The number of pyridine rings is 1. The van der Waals surface area contributed by atoms with Gasteiger partial charge in [0.2, 0.25) is 5.43 Å². The first-order valence-electron chi connectivity index (χ1n) is 10.0. The monoisotopic (exact) mass is 432 g/mol. The first kappa shape index (κ1) is 20.0. The lowest BCUT2D eigenvalue weighted by Crippen LogP contribution is -2.58. The summed E-state index contributed by atoms with van der Waals surface area (Å²) >= 11 is 0. The van der Waals surface area contributed by atoms with Crippen molar-refractivity contribution in [3.05, 3.63) is 51.6 Å². The molecule has 1 spiro atoms. The van der Waals surface area contributed by atoms with E-state index < -0.39 is 28.6 Å². The summed E-state index contributed by atoms with van der Waals surface area (Å²) in [7, 11) is 3.44. The zero-order valence-electron chi connectivity index (χ0n) is 17.1. The summed E-state index contributed by atoms with van der Waals surface area (Å²) in [6.45, 7) is 1.76. The average molecular weight is 432 g/mol. The van der Waals surface area contributed by atoms with Crippen LogP contribution in [0, 0.1) is 17.0 Å². The van der Waals surface area contributed by atoms with Crippen LogP contribution in [0.15, 0.2) is 29.0 Å². The molecule has 0 radical (unpaired) electrons. The molecule has 2 aromatic rings. The van der Waals surface area contributed by atoms with Crippen molar-refractivity contribution in [3.8, 4) is 0 Å². The normalized spacial score (nSPS) is 20.3. The van der Waals surface area contributed by atoms with Gasteiger partial charge in [0.1, 0.15) is 11.3 Å². The Kier molecular flexibility index (Phi) is 4.35. The van der Waals surface area contributed by atoms with Gasteiger partial charge in [-0.15, -0.1) is 0 Å². The quantitative estimate of drug-likeness (QED) is 0.700. The molecule has 2 aliphatic heterocycles. The highest BCUT2D eigenvalue weighted by Gasteiger charge is 2.50. The predicted molar refractivity (Wildman–Crippen MR) is 109 cm³/mol. The third kappa shape index (κ3) is 2.93. The van der Waals surface area contributed by atoms with Crippen LogP contribution < -0.4 is 15.8 Å². The molecule has 2 fully saturated rings. The Labute approximate surface area is 176 Å². The Balaban J connectivity index is 1.69. The molecular weight excluding hydrogens is 410 g/mol. The van der Waals surface area contributed by atoms with E-state index >= 15 is 8.78 Å². The van der Waals surface area contributed by atoms with Crippen LogP contribution >= 0.6 is 0 Å². The van der Waals surface area contributed by atoms with E-state index in [0.29, 0.717) is 19.6 Å². The van der Waals surface area contributed by atoms with E-state index in [0.717, 1.165) is 24.6 Å². The molecule has 3 heterocycles. The van der Waals surface area contributed by atoms with Crippen molar-refractivity contribution in [3.63, 3.8) is 0 Å². The minimum atomic E-state index is -1.42. The van der Waals surface area contributed by atoms with Crippen molar-refractivity contribution < 1.29 is 23.5 Å². The molecular formula is C21H22F2N4O4. The molecule has 0 amide bonds. The second kappa shape index (κ2) is 6.76. The summed E-state index contributed by atoms with van der Waals surface area (Å²) < 4.78 is 32.5. The highest BCUT2D eigenvalue weighted by atomic mass is 19.1. The van der Waals surface area contributed by atoms with Gasteiger partial charge in [0.15, 0.2) is 11.6 Å². The average Bonchev–Trinajstić information content (AvgIpc) is 3.46. The van der Waals surface area contributed by atoms with Crippen LogP contribution in [-0.2, 0) is 4.84 Å². The minimum Gasteiger partial charge on any atom is -0.477 e. The number of likely N-dealkylation sites (tertiary alicyclic amines) is 1. The number of benzene rings is 1. The molecule has 0 unspecified atom stereocenters. The first-order chi connectivity index (χ1) is 14.8. The lowest BCUT2D eigenvalue weighted by Gasteiger charge is -2.47. The third-order valence-electron chi connectivity index (χ3n) is 6.33. The first-order valence-corrected chi connectivity index (χ1v) is 10.0. The Morgan fingerprint density at radius 2 is 2.00 bits per heavy atom. The minimum absolute atomic E-state index is 0.0600. The van der Waals surface area contributed by atoms with E-state index in [9.17, 15) is 14.7 Å². The number of aromatic nitrogens is 1. The Hall–Kier alpha value is -2.98. The predicted octanol–water partition coefficient (Wildman–Crippen LogP) is 2.06. The standard InChI is InChI=1S/C21H22F2N4O4/c1-25-8-21(9-25)10-26(7-15(21)24-31-2)18-14(22)5-12-17(16(18)23)27(11-3-4-11)6-13(19(12)28)20(29)30/h5-7,11,24H,3-4,8-10H2,1-2H3,(H,29,30). The largest absolute Gasteiger partial charge is 0.477 e. The SMILES string of the molecule is CONC1=CN(c2c(F)cc3c(=O)c(C(=O)O)cn(C4CC4)c3c2F)CC12CN(C)C2. The van der Waals surface area contributed by atoms with Crippen molar-refractivity contribution in [2.75, 3.05) is 38.7 Å². The van der Waals surface area contributed by atoms with Crippen LogP contribution in [0.1, 0.15) is 29.2 Å². The van der Waals surface area contributed by atoms with Gasteiger partial charge >= 0.3 is 5.97 Å². The summed E-state index contributed by atoms with van der Waals surface area (Å²) in [5, 5.41) is 9.11. The number of carbonyl (C=O) groups is 1. The number of hydroxylamine groups is 1. The van der Waals surface area contributed by atoms with Gasteiger partial charge in [0.25, 0.3) is 0 Å². The summed E-state index contributed by atoms with van der Waals surface area (Å²) in [4.78, 5) is 32.8. The van der Waals surface area contributed by atoms with E-state index in [1.807, 2.05) is 7.05 Å². The number of nitrogens with one attached hydrogen (secondary N) is 1. The fourth-order valence-corrected chi connectivity index (χ4v) is 4.88. The summed E-state index contributed by atoms with van der Waals surface area (Å²) in [5.41, 5.74) is 1.53. The third-order valence-corrected chi connectivity index (χ3v) is 6.33. The van der Waals surface area contributed by atoms with Crippen LogP contribution in [0.2, 0.25) is 0 Å². The van der Waals surface area contributed by atoms with Crippen molar-refractivity contribution in [2.45, 2.75) is 18.9 Å². The molecule has 0 bridgehead atoms. The van der Waals surface area contributed by atoms with Crippen LogP contribution in [0.5, 0.6) is 0 Å². The Bertz CT molecular complexity index is 1200. The lowest BCUT2D eigenvalue weighted by molar-refractivity contribution is 0.0262. The number of nitrogens with zero attached hydrogens (tertiary/aromatic N) is 3. The molecule has 2 N–H and O–H groups in total. The molecule has 0 atom stereocenters. The second-order valence-corrected chi connectivity index (χ2v) is 8.66. The van der Waals surface area contributed by atoms with E-state index in [-0.39, 0.29) is 28.0 Å². The highest BCUT2D eigenvalue weighted by molar-refractivity contribution is 5.94. The molecule has 31 heavy (non-hydrogen) atoms. The van der Waals surface area contributed by atoms with Crippen molar-refractivity contribution in [1.82, 2.24) is 14.9 Å². The van der Waals surface area contributed by atoms with Gasteiger partial charge in [-0.2, -0.15) is 0 Å². The summed E-state index contributed by atoms with van der Waals surface area (Å²) in [5.74, 6) is -3.20. The number of carboxylic acid groups (broad SMARTS) is 1. The zero-order chi connectivity index (χ0) is 22.1. The van der Waals surface area contributed by atoms with Crippen LogP contribution in [0.25, 0.3) is 10.9 Å². The molecule has 1 aromatic carbocycles. The van der Waals surface area contributed by atoms with Gasteiger partial charge in [-0.25, -0.2) is 13.6 Å². The number of hydrogen-bond donors (Lipinski definition) is 2. The second-order valence-electron chi connectivity index (χ2n) is 8.66. The fourth-order valence-electron chi connectivity index (χ4n) is 4.88. The molecule has 3 aliphatic rings. The van der Waals surface area contributed by atoms with Gasteiger partial charge < -0.3 is 19.5 Å². The van der Waals surface area contributed by atoms with Gasteiger partial charge in [0, 0.05) is 38.1 Å². The summed E-state index contributed by atoms with van der Waals surface area (Å²) in [6, 6.07) is 0.844. The molecule has 1 aromatic heterocycles. The maximum atomic E-state index is 15.8. The Morgan fingerprint density at radius 3 is 2.58 bits per heavy atom. The maximum Gasteiger partial charge on any atom is 0.341 e. The van der Waals surface area contributed by atoms with Gasteiger partial charge in [-0.1, -0.05) is 0 Å². The van der Waals surface area contributed by atoms with Crippen LogP contribution in [0.3, 0.4) is 0 Å². The number of hydrogen-bond acceptors (Lipinski definition) is 6. The highest BCUT2D eigenvalue weighted by Crippen LogP contribution is 2.45. The zero-order valence-corrected chi connectivity index (χ0v) is 17.1. The molecule has 5 rings (SSSR count). The van der Waals surface area contributed by atoms with Crippen molar-refractivity contribution in [2.24, 2.45) is 5.41 Å². The van der Waals surface area contributed by atoms with E-state index in [1.54, 1.807) is 6.20 Å². The van der Waals surface area contributed by atoms with Gasteiger partial charge in [-0.3, -0.25) is 15.1 Å². The maximum absolute atomic E-state index is 15.8. The molecule has 1 aliphatic carbocycles. The van der Waals surface area contributed by atoms with Crippen molar-refractivity contribution in [1.29, 1.82) is 0 Å². The molecule has 1 saturated carbocycles. The number of rotatable bonds is 5. The number of fused-ring (bicyclic) bond motifs is 1. The van der Waals surface area contributed by atoms with Crippen LogP contribution in [0.4, 0.5) is 14.5 Å². The number of halogens is 2. The van der Waals surface area contributed by atoms with E-state index in [1.165, 1.54) is 22.8 Å². The fraction of sp³-hybridized carbons (Fsp3) is 0.429. The smallest absolute Gasteiger partial charge is 0.341 e. The summed E-state index contributed by atoms with van der Waals surface area (Å²) in [6.07, 6.45) is 4.29. The van der Waals surface area contributed by atoms with Crippen LogP contribution in [-0.4, -0.2) is 54.3 Å². The van der Waals surface area contributed by atoms with E-state index in [4.69, 9.17) is 4.84 Å². The van der Waals surface area contributed by atoms with Gasteiger partial charge in [-0.05, 0) is 26.0 Å². The van der Waals surface area contributed by atoms with Gasteiger partial charge in [0.05, 0.1) is 29.1 Å². The number of anilines is 1. The Morgan fingerprint density at radius 1 is 1.29 bits per heavy atom. The molecule has 1 saturated heterocycles. The molecule has 8 nitrogen and oxygen atoms in total. The van der Waals surface area contributed by atoms with E-state index in [2.05, 4.69) is 10.4 Å². The topological polar surface area (TPSA) is 87.0 Å².